The van der Waals surface area contributed by atoms with Crippen molar-refractivity contribution in [1.29, 1.82) is 0 Å². The van der Waals surface area contributed by atoms with Gasteiger partial charge in [-0.05, 0) is 51.4 Å². The van der Waals surface area contributed by atoms with E-state index in [4.69, 9.17) is 17.3 Å². The average Bonchev–Trinajstić information content (AvgIpc) is 2.47. The Morgan fingerprint density at radius 3 is 2.76 bits per heavy atom. The lowest BCUT2D eigenvalue weighted by Crippen LogP contribution is -2.46. The standard InChI is InChI=1S/C16H24ClN3O/c1-10-4-5-13(16(18)21)9-20(10)15-7-6-12(8-14(15)17)11(2)19-3/h6-8,10-11,13,19H,4-5,9H2,1-3H3,(H2,18,21). The van der Waals surface area contributed by atoms with Gasteiger partial charge in [-0.2, -0.15) is 0 Å². The van der Waals surface area contributed by atoms with Crippen LogP contribution in [0.25, 0.3) is 0 Å². The van der Waals surface area contributed by atoms with Crippen molar-refractivity contribution in [2.45, 2.75) is 38.8 Å². The van der Waals surface area contributed by atoms with E-state index in [0.29, 0.717) is 12.6 Å². The molecule has 0 aromatic heterocycles. The van der Waals surface area contributed by atoms with E-state index in [1.165, 1.54) is 0 Å². The van der Waals surface area contributed by atoms with E-state index in [-0.39, 0.29) is 17.9 Å². The first-order valence-electron chi connectivity index (χ1n) is 7.46. The summed E-state index contributed by atoms with van der Waals surface area (Å²) < 4.78 is 0. The quantitative estimate of drug-likeness (QED) is 0.899. The number of amides is 1. The topological polar surface area (TPSA) is 58.4 Å². The molecule has 0 bridgehead atoms. The van der Waals surface area contributed by atoms with Gasteiger partial charge in [-0.25, -0.2) is 0 Å². The lowest BCUT2D eigenvalue weighted by molar-refractivity contribution is -0.122. The highest BCUT2D eigenvalue weighted by Crippen LogP contribution is 2.34. The first-order valence-corrected chi connectivity index (χ1v) is 7.84. The second-order valence-corrected chi connectivity index (χ2v) is 6.31. The Hall–Kier alpha value is -1.26. The molecule has 1 fully saturated rings. The minimum Gasteiger partial charge on any atom is -0.369 e. The summed E-state index contributed by atoms with van der Waals surface area (Å²) in [7, 11) is 1.93. The molecule has 1 heterocycles. The van der Waals surface area contributed by atoms with Gasteiger partial charge in [0.2, 0.25) is 5.91 Å². The van der Waals surface area contributed by atoms with E-state index < -0.39 is 0 Å². The molecule has 1 amide bonds. The summed E-state index contributed by atoms with van der Waals surface area (Å²) >= 11 is 6.47. The second-order valence-electron chi connectivity index (χ2n) is 5.90. The molecule has 3 atom stereocenters. The van der Waals surface area contributed by atoms with Crippen molar-refractivity contribution in [3.8, 4) is 0 Å². The van der Waals surface area contributed by atoms with Crippen molar-refractivity contribution < 1.29 is 4.79 Å². The van der Waals surface area contributed by atoms with Crippen molar-refractivity contribution in [2.24, 2.45) is 11.7 Å². The number of carbonyl (C=O) groups excluding carboxylic acids is 1. The maximum Gasteiger partial charge on any atom is 0.222 e. The van der Waals surface area contributed by atoms with Gasteiger partial charge in [0.15, 0.2) is 0 Å². The molecule has 1 aromatic rings. The number of nitrogens with two attached hydrogens (primary N) is 1. The third-order valence-electron chi connectivity index (χ3n) is 4.50. The summed E-state index contributed by atoms with van der Waals surface area (Å²) in [6.45, 7) is 4.91. The molecule has 2 rings (SSSR count). The molecule has 21 heavy (non-hydrogen) atoms. The van der Waals surface area contributed by atoms with Crippen LogP contribution in [-0.4, -0.2) is 25.5 Å². The van der Waals surface area contributed by atoms with Gasteiger partial charge in [-0.1, -0.05) is 17.7 Å². The number of halogens is 1. The number of hydrogen-bond acceptors (Lipinski definition) is 3. The summed E-state index contributed by atoms with van der Waals surface area (Å²) in [5.74, 6) is -0.309. The number of hydrogen-bond donors (Lipinski definition) is 2. The summed E-state index contributed by atoms with van der Waals surface area (Å²) in [6.07, 6.45) is 1.82. The Morgan fingerprint density at radius 1 is 1.48 bits per heavy atom. The maximum atomic E-state index is 11.5. The van der Waals surface area contributed by atoms with Gasteiger partial charge in [-0.15, -0.1) is 0 Å². The van der Waals surface area contributed by atoms with Crippen LogP contribution in [-0.2, 0) is 4.79 Å². The molecule has 3 N–H and O–H groups in total. The SMILES string of the molecule is CNC(C)c1ccc(N2CC(C(N)=O)CCC2C)c(Cl)c1. The van der Waals surface area contributed by atoms with Crippen molar-refractivity contribution in [2.75, 3.05) is 18.5 Å². The van der Waals surface area contributed by atoms with Crippen molar-refractivity contribution in [3.63, 3.8) is 0 Å². The molecule has 1 aliphatic rings. The lowest BCUT2D eigenvalue weighted by atomic mass is 9.92. The molecular formula is C16H24ClN3O. The van der Waals surface area contributed by atoms with Crippen LogP contribution in [0.3, 0.4) is 0 Å². The summed E-state index contributed by atoms with van der Waals surface area (Å²) in [5, 5.41) is 3.93. The molecule has 4 nitrogen and oxygen atoms in total. The van der Waals surface area contributed by atoms with Crippen molar-refractivity contribution in [3.05, 3.63) is 28.8 Å². The van der Waals surface area contributed by atoms with Gasteiger partial charge < -0.3 is 16.0 Å². The van der Waals surface area contributed by atoms with Gasteiger partial charge in [0.05, 0.1) is 16.6 Å². The van der Waals surface area contributed by atoms with Crippen LogP contribution in [0.2, 0.25) is 5.02 Å². The number of anilines is 1. The highest BCUT2D eigenvalue weighted by atomic mass is 35.5. The smallest absolute Gasteiger partial charge is 0.222 e. The van der Waals surface area contributed by atoms with Crippen molar-refractivity contribution >= 4 is 23.2 Å². The van der Waals surface area contributed by atoms with Crippen LogP contribution < -0.4 is 16.0 Å². The summed E-state index contributed by atoms with van der Waals surface area (Å²) in [4.78, 5) is 13.7. The monoisotopic (exact) mass is 309 g/mol. The lowest BCUT2D eigenvalue weighted by Gasteiger charge is -2.39. The predicted molar refractivity (Wildman–Crippen MR) is 87.7 cm³/mol. The van der Waals surface area contributed by atoms with Crippen LogP contribution in [0.5, 0.6) is 0 Å². The number of piperidine rings is 1. The highest BCUT2D eigenvalue weighted by Gasteiger charge is 2.29. The van der Waals surface area contributed by atoms with Gasteiger partial charge in [0, 0.05) is 18.6 Å². The van der Waals surface area contributed by atoms with E-state index in [0.717, 1.165) is 29.1 Å². The van der Waals surface area contributed by atoms with E-state index in [2.05, 4.69) is 30.1 Å². The molecule has 116 valence electrons. The molecule has 0 spiro atoms. The molecule has 3 unspecified atom stereocenters. The molecule has 5 heteroatoms. The third kappa shape index (κ3) is 3.50. The van der Waals surface area contributed by atoms with Crippen LogP contribution in [0.1, 0.15) is 38.3 Å². The van der Waals surface area contributed by atoms with Crippen molar-refractivity contribution in [1.82, 2.24) is 5.32 Å². The Morgan fingerprint density at radius 2 is 2.19 bits per heavy atom. The minimum atomic E-state index is -0.219. The van der Waals surface area contributed by atoms with Crippen LogP contribution in [0.15, 0.2) is 18.2 Å². The maximum absolute atomic E-state index is 11.5. The number of benzene rings is 1. The van der Waals surface area contributed by atoms with Crippen LogP contribution in [0, 0.1) is 5.92 Å². The van der Waals surface area contributed by atoms with Gasteiger partial charge in [-0.3, -0.25) is 4.79 Å². The van der Waals surface area contributed by atoms with E-state index in [9.17, 15) is 4.79 Å². The zero-order chi connectivity index (χ0) is 15.6. The number of primary amides is 1. The first kappa shape index (κ1) is 16.1. The Kier molecular flexibility index (Phi) is 5.12. The molecule has 1 aromatic carbocycles. The average molecular weight is 310 g/mol. The zero-order valence-electron chi connectivity index (χ0n) is 12.9. The molecule has 0 saturated carbocycles. The van der Waals surface area contributed by atoms with Gasteiger partial charge in [0.1, 0.15) is 0 Å². The normalized spacial score (nSPS) is 23.9. The summed E-state index contributed by atoms with van der Waals surface area (Å²) in [6, 6.07) is 6.76. The Balaban J connectivity index is 2.25. The summed E-state index contributed by atoms with van der Waals surface area (Å²) in [5.41, 5.74) is 7.61. The highest BCUT2D eigenvalue weighted by molar-refractivity contribution is 6.33. The van der Waals surface area contributed by atoms with E-state index >= 15 is 0 Å². The first-order chi connectivity index (χ1) is 9.93. The molecular weight excluding hydrogens is 286 g/mol. The largest absolute Gasteiger partial charge is 0.369 e. The van der Waals surface area contributed by atoms with Gasteiger partial charge >= 0.3 is 0 Å². The fourth-order valence-electron chi connectivity index (χ4n) is 2.87. The van der Waals surface area contributed by atoms with Crippen LogP contribution >= 0.6 is 11.6 Å². The zero-order valence-corrected chi connectivity index (χ0v) is 13.7. The van der Waals surface area contributed by atoms with E-state index in [1.54, 1.807) is 0 Å². The van der Waals surface area contributed by atoms with Gasteiger partial charge in [0.25, 0.3) is 0 Å². The molecule has 1 aliphatic heterocycles. The molecule has 0 aliphatic carbocycles. The molecule has 1 saturated heterocycles. The van der Waals surface area contributed by atoms with Crippen LogP contribution in [0.4, 0.5) is 5.69 Å². The number of nitrogens with one attached hydrogen (secondary N) is 1. The number of carbonyl (C=O) groups is 1. The Labute approximate surface area is 131 Å². The fraction of sp³-hybridized carbons (Fsp3) is 0.562. The fourth-order valence-corrected chi connectivity index (χ4v) is 3.16. The number of rotatable bonds is 4. The Bertz CT molecular complexity index is 520. The van der Waals surface area contributed by atoms with E-state index in [1.807, 2.05) is 19.2 Å². The predicted octanol–water partition coefficient (Wildman–Crippen LogP) is 2.71. The molecule has 0 radical (unpaired) electrons. The second kappa shape index (κ2) is 6.67. The minimum absolute atomic E-state index is 0.0897. The third-order valence-corrected chi connectivity index (χ3v) is 4.80. The number of nitrogens with zero attached hydrogens (tertiary/aromatic N) is 1.